The zero-order valence-electron chi connectivity index (χ0n) is 10.7. The summed E-state index contributed by atoms with van der Waals surface area (Å²) in [6.07, 6.45) is -5.20. The molecule has 0 fully saturated rings. The molecule has 1 rings (SSSR count). The van der Waals surface area contributed by atoms with Crippen LogP contribution in [0, 0.1) is 0 Å². The van der Waals surface area contributed by atoms with Crippen LogP contribution in [0.4, 0.5) is 18.9 Å². The topological polar surface area (TPSA) is 102 Å². The van der Waals surface area contributed by atoms with E-state index in [0.717, 1.165) is 12.1 Å². The van der Waals surface area contributed by atoms with Crippen LogP contribution in [-0.2, 0) is 9.59 Å². The highest BCUT2D eigenvalue weighted by atomic mass is 19.4. The van der Waals surface area contributed by atoms with Gasteiger partial charge in [0.05, 0.1) is 6.04 Å². The third-order valence-corrected chi connectivity index (χ3v) is 2.34. The van der Waals surface area contributed by atoms with Crippen molar-refractivity contribution in [2.45, 2.75) is 25.2 Å². The normalized spacial score (nSPS) is 12.6. The molecule has 0 heterocycles. The van der Waals surface area contributed by atoms with Crippen LogP contribution in [0.1, 0.15) is 12.8 Å². The van der Waals surface area contributed by atoms with E-state index >= 15 is 0 Å². The summed E-state index contributed by atoms with van der Waals surface area (Å²) in [4.78, 5) is 22.0. The van der Waals surface area contributed by atoms with Gasteiger partial charge in [-0.15, -0.1) is 13.2 Å². The molecular weight excluding hydrogens is 293 g/mol. The Bertz CT molecular complexity index is 519. The van der Waals surface area contributed by atoms with Crippen LogP contribution in [0.25, 0.3) is 0 Å². The summed E-state index contributed by atoms with van der Waals surface area (Å²) in [5, 5.41) is 10.8. The van der Waals surface area contributed by atoms with Crippen LogP contribution in [0.2, 0.25) is 0 Å². The predicted octanol–water partition coefficient (Wildman–Crippen LogP) is 1.72. The third-order valence-electron chi connectivity index (χ3n) is 2.34. The number of benzene rings is 1. The number of halogens is 3. The molecule has 116 valence electrons. The number of hydrogen-bond acceptors (Lipinski definition) is 4. The van der Waals surface area contributed by atoms with Gasteiger partial charge in [0.25, 0.3) is 0 Å². The largest absolute Gasteiger partial charge is 0.573 e. The molecule has 1 aromatic rings. The number of aliphatic carboxylic acids is 1. The molecule has 1 amide bonds. The fourth-order valence-electron chi connectivity index (χ4n) is 1.42. The summed E-state index contributed by atoms with van der Waals surface area (Å²) in [7, 11) is 0. The fraction of sp³-hybridized carbons (Fsp3) is 0.333. The maximum Gasteiger partial charge on any atom is 0.573 e. The molecule has 1 atom stereocenters. The van der Waals surface area contributed by atoms with E-state index in [-0.39, 0.29) is 18.5 Å². The Hall–Kier alpha value is -2.29. The van der Waals surface area contributed by atoms with Gasteiger partial charge in [-0.25, -0.2) is 0 Å². The smallest absolute Gasteiger partial charge is 0.481 e. The highest BCUT2D eigenvalue weighted by molar-refractivity contribution is 5.95. The first kappa shape index (κ1) is 16.8. The van der Waals surface area contributed by atoms with E-state index in [9.17, 15) is 22.8 Å². The second kappa shape index (κ2) is 6.93. The summed E-state index contributed by atoms with van der Waals surface area (Å²) in [5.74, 6) is -2.28. The average molecular weight is 306 g/mol. The Morgan fingerprint density at radius 1 is 1.38 bits per heavy atom. The van der Waals surface area contributed by atoms with E-state index in [0.29, 0.717) is 0 Å². The number of amides is 1. The van der Waals surface area contributed by atoms with Crippen LogP contribution >= 0.6 is 0 Å². The summed E-state index contributed by atoms with van der Waals surface area (Å²) >= 11 is 0. The molecule has 0 aliphatic rings. The van der Waals surface area contributed by atoms with E-state index in [1.54, 1.807) is 0 Å². The number of hydrogen-bond donors (Lipinski definition) is 3. The van der Waals surface area contributed by atoms with Gasteiger partial charge in [0, 0.05) is 18.2 Å². The van der Waals surface area contributed by atoms with E-state index in [2.05, 4.69) is 10.1 Å². The first-order valence-corrected chi connectivity index (χ1v) is 5.81. The SMILES string of the molecule is N[C@H](CCC(=O)O)C(=O)Nc1cccc(OC(F)(F)F)c1. The highest BCUT2D eigenvalue weighted by Crippen LogP contribution is 2.25. The Kier molecular flexibility index (Phi) is 5.53. The van der Waals surface area contributed by atoms with Crippen molar-refractivity contribution in [3.05, 3.63) is 24.3 Å². The van der Waals surface area contributed by atoms with Gasteiger partial charge in [0.2, 0.25) is 5.91 Å². The number of carboxylic acids is 1. The second-order valence-electron chi connectivity index (χ2n) is 4.10. The van der Waals surface area contributed by atoms with Gasteiger partial charge in [0.15, 0.2) is 0 Å². The van der Waals surface area contributed by atoms with Crippen molar-refractivity contribution in [3.8, 4) is 5.75 Å². The van der Waals surface area contributed by atoms with Crippen LogP contribution in [0.15, 0.2) is 24.3 Å². The van der Waals surface area contributed by atoms with Crippen molar-refractivity contribution < 1.29 is 32.6 Å². The number of carbonyl (C=O) groups excluding carboxylic acids is 1. The molecule has 9 heteroatoms. The van der Waals surface area contributed by atoms with E-state index in [4.69, 9.17) is 10.8 Å². The second-order valence-corrected chi connectivity index (χ2v) is 4.10. The summed E-state index contributed by atoms with van der Waals surface area (Å²) in [6, 6.07) is 3.60. The Labute approximate surface area is 117 Å². The quantitative estimate of drug-likeness (QED) is 0.742. The van der Waals surface area contributed by atoms with Crippen molar-refractivity contribution >= 4 is 17.6 Å². The minimum atomic E-state index is -4.83. The molecule has 21 heavy (non-hydrogen) atoms. The number of rotatable bonds is 6. The average Bonchev–Trinajstić information content (AvgIpc) is 2.34. The van der Waals surface area contributed by atoms with Gasteiger partial charge >= 0.3 is 12.3 Å². The van der Waals surface area contributed by atoms with Gasteiger partial charge in [-0.2, -0.15) is 0 Å². The Balaban J connectivity index is 2.64. The summed E-state index contributed by atoms with van der Waals surface area (Å²) in [6.45, 7) is 0. The molecule has 0 aliphatic carbocycles. The van der Waals surface area contributed by atoms with Gasteiger partial charge in [0.1, 0.15) is 5.75 Å². The third kappa shape index (κ3) is 6.61. The minimum absolute atomic E-state index is 0.0625. The standard InChI is InChI=1S/C12H13F3N2O4/c13-12(14,15)21-8-3-1-2-7(6-8)17-11(20)9(16)4-5-10(18)19/h1-3,6,9H,4-5,16H2,(H,17,20)(H,18,19)/t9-/m1/s1. The number of alkyl halides is 3. The maximum atomic E-state index is 12.1. The first-order valence-electron chi connectivity index (χ1n) is 5.81. The highest BCUT2D eigenvalue weighted by Gasteiger charge is 2.31. The van der Waals surface area contributed by atoms with Crippen molar-refractivity contribution in [2.24, 2.45) is 5.73 Å². The van der Waals surface area contributed by atoms with Crippen LogP contribution in [-0.4, -0.2) is 29.4 Å². The maximum absolute atomic E-state index is 12.1. The van der Waals surface area contributed by atoms with Gasteiger partial charge in [-0.05, 0) is 18.6 Å². The number of anilines is 1. The predicted molar refractivity (Wildman–Crippen MR) is 66.6 cm³/mol. The lowest BCUT2D eigenvalue weighted by Crippen LogP contribution is -2.36. The molecule has 0 bridgehead atoms. The summed E-state index contributed by atoms with van der Waals surface area (Å²) < 4.78 is 39.9. The molecule has 6 nitrogen and oxygen atoms in total. The van der Waals surface area contributed by atoms with E-state index in [1.807, 2.05) is 0 Å². The van der Waals surface area contributed by atoms with E-state index in [1.165, 1.54) is 12.1 Å². The zero-order valence-corrected chi connectivity index (χ0v) is 10.7. The lowest BCUT2D eigenvalue weighted by molar-refractivity contribution is -0.274. The molecule has 0 saturated carbocycles. The molecule has 0 radical (unpaired) electrons. The Morgan fingerprint density at radius 2 is 2.05 bits per heavy atom. The molecule has 0 unspecified atom stereocenters. The molecule has 0 saturated heterocycles. The van der Waals surface area contributed by atoms with E-state index < -0.39 is 30.0 Å². The number of carbonyl (C=O) groups is 2. The number of ether oxygens (including phenoxy) is 1. The van der Waals surface area contributed by atoms with Gasteiger partial charge in [-0.3, -0.25) is 9.59 Å². The number of carboxylic acid groups (broad SMARTS) is 1. The number of nitrogens with one attached hydrogen (secondary N) is 1. The van der Waals surface area contributed by atoms with Crippen LogP contribution in [0.3, 0.4) is 0 Å². The fourth-order valence-corrected chi connectivity index (χ4v) is 1.42. The lowest BCUT2D eigenvalue weighted by atomic mass is 10.1. The monoisotopic (exact) mass is 306 g/mol. The molecule has 1 aromatic carbocycles. The number of nitrogens with two attached hydrogens (primary N) is 1. The van der Waals surface area contributed by atoms with Crippen LogP contribution < -0.4 is 15.8 Å². The molecule has 4 N–H and O–H groups in total. The van der Waals surface area contributed by atoms with Crippen molar-refractivity contribution in [1.82, 2.24) is 0 Å². The van der Waals surface area contributed by atoms with Crippen molar-refractivity contribution in [1.29, 1.82) is 0 Å². The molecular formula is C12H13F3N2O4. The first-order chi connectivity index (χ1) is 9.67. The molecule has 0 aliphatic heterocycles. The molecule has 0 spiro atoms. The summed E-state index contributed by atoms with van der Waals surface area (Å²) in [5.41, 5.74) is 5.53. The Morgan fingerprint density at radius 3 is 2.62 bits per heavy atom. The van der Waals surface area contributed by atoms with Crippen LogP contribution in [0.5, 0.6) is 5.75 Å². The lowest BCUT2D eigenvalue weighted by Gasteiger charge is -2.13. The van der Waals surface area contributed by atoms with Gasteiger partial charge in [-0.1, -0.05) is 6.07 Å². The molecule has 0 aromatic heterocycles. The van der Waals surface area contributed by atoms with Crippen molar-refractivity contribution in [3.63, 3.8) is 0 Å². The minimum Gasteiger partial charge on any atom is -0.481 e. The zero-order chi connectivity index (χ0) is 16.0. The van der Waals surface area contributed by atoms with Gasteiger partial charge < -0.3 is 20.9 Å². The van der Waals surface area contributed by atoms with Crippen molar-refractivity contribution in [2.75, 3.05) is 5.32 Å².